The zero-order chi connectivity index (χ0) is 20.0. The largest absolute Gasteiger partial charge is 0.325 e. The second kappa shape index (κ2) is 7.03. The third-order valence-electron chi connectivity index (χ3n) is 6.55. The van der Waals surface area contributed by atoms with Gasteiger partial charge < -0.3 is 10.2 Å². The number of benzene rings is 2. The van der Waals surface area contributed by atoms with Crippen molar-refractivity contribution in [2.75, 3.05) is 10.2 Å². The lowest BCUT2D eigenvalue weighted by molar-refractivity contribution is -0.126. The van der Waals surface area contributed by atoms with Gasteiger partial charge in [0.05, 0.1) is 6.04 Å². The number of anilines is 2. The van der Waals surface area contributed by atoms with Crippen LogP contribution in [-0.4, -0.2) is 17.9 Å². The molecule has 0 bridgehead atoms. The lowest BCUT2D eigenvalue weighted by Crippen LogP contribution is -2.61. The summed E-state index contributed by atoms with van der Waals surface area (Å²) in [5.74, 6) is 0.0428. The highest BCUT2D eigenvalue weighted by atomic mass is 35.5. The number of hydrogen-bond acceptors (Lipinski definition) is 2. The van der Waals surface area contributed by atoms with Crippen LogP contribution in [0.2, 0.25) is 5.02 Å². The number of piperidine rings is 1. The molecule has 1 fully saturated rings. The van der Waals surface area contributed by atoms with E-state index in [2.05, 4.69) is 11.4 Å². The second-order valence-electron chi connectivity index (χ2n) is 8.14. The summed E-state index contributed by atoms with van der Waals surface area (Å²) in [6.07, 6.45) is 7.23. The molecule has 2 aliphatic heterocycles. The van der Waals surface area contributed by atoms with E-state index in [4.69, 9.17) is 11.6 Å². The first-order chi connectivity index (χ1) is 14.1. The van der Waals surface area contributed by atoms with Gasteiger partial charge in [0.25, 0.3) is 0 Å². The van der Waals surface area contributed by atoms with Crippen molar-refractivity contribution < 1.29 is 9.59 Å². The van der Waals surface area contributed by atoms with Gasteiger partial charge in [-0.2, -0.15) is 0 Å². The molecule has 1 aliphatic carbocycles. The number of hydrogen-bond donors (Lipinski definition) is 1. The minimum Gasteiger partial charge on any atom is -0.325 e. The number of halogens is 1. The molecule has 5 heteroatoms. The summed E-state index contributed by atoms with van der Waals surface area (Å²) in [7, 11) is 0. The Kier molecular flexibility index (Phi) is 4.47. The Labute approximate surface area is 175 Å². The molecule has 2 unspecified atom stereocenters. The maximum Gasteiger partial charge on any atom is 0.237 e. The van der Waals surface area contributed by atoms with Crippen LogP contribution in [0.5, 0.6) is 0 Å². The maximum absolute atomic E-state index is 13.5. The Balaban J connectivity index is 1.74. The molecule has 2 amide bonds. The highest BCUT2D eigenvalue weighted by molar-refractivity contribution is 6.31. The molecular formula is C24H23ClN2O2. The fraction of sp³-hybridized carbons (Fsp3) is 0.333. The van der Waals surface area contributed by atoms with E-state index >= 15 is 0 Å². The van der Waals surface area contributed by atoms with Crippen LogP contribution in [0.15, 0.2) is 60.2 Å². The Hall–Kier alpha value is -2.59. The lowest BCUT2D eigenvalue weighted by atomic mass is 9.65. The van der Waals surface area contributed by atoms with Crippen molar-refractivity contribution in [3.63, 3.8) is 0 Å². The molecule has 5 rings (SSSR count). The van der Waals surface area contributed by atoms with Crippen molar-refractivity contribution in [2.24, 2.45) is 0 Å². The Morgan fingerprint density at radius 3 is 2.69 bits per heavy atom. The molecule has 0 aromatic heterocycles. The molecule has 2 aromatic rings. The predicted octanol–water partition coefficient (Wildman–Crippen LogP) is 5.23. The van der Waals surface area contributed by atoms with Crippen molar-refractivity contribution in [3.8, 4) is 0 Å². The van der Waals surface area contributed by atoms with Crippen LogP contribution in [0.1, 0.15) is 44.1 Å². The fourth-order valence-electron chi connectivity index (χ4n) is 5.30. The molecule has 29 heavy (non-hydrogen) atoms. The first kappa shape index (κ1) is 18.4. The minimum atomic E-state index is -0.768. The molecule has 0 radical (unpaired) electrons. The van der Waals surface area contributed by atoms with Crippen molar-refractivity contribution in [1.29, 1.82) is 0 Å². The van der Waals surface area contributed by atoms with Gasteiger partial charge in [-0.05, 0) is 67.5 Å². The van der Waals surface area contributed by atoms with Crippen molar-refractivity contribution in [1.82, 2.24) is 0 Å². The minimum absolute atomic E-state index is 0.00491. The van der Waals surface area contributed by atoms with E-state index in [9.17, 15) is 9.59 Å². The zero-order valence-corrected chi connectivity index (χ0v) is 16.9. The molecule has 1 saturated heterocycles. The molecule has 4 nitrogen and oxygen atoms in total. The average molecular weight is 407 g/mol. The normalized spacial score (nSPS) is 26.3. The van der Waals surface area contributed by atoms with Crippen molar-refractivity contribution in [2.45, 2.75) is 50.0 Å². The van der Waals surface area contributed by atoms with Crippen LogP contribution in [-0.2, 0) is 15.0 Å². The van der Waals surface area contributed by atoms with Gasteiger partial charge in [-0.25, -0.2) is 0 Å². The van der Waals surface area contributed by atoms with Crippen LogP contribution in [0.25, 0.3) is 0 Å². The Bertz CT molecular complexity index is 1030. The molecule has 2 atom stereocenters. The second-order valence-corrected chi connectivity index (χ2v) is 8.58. The number of nitrogens with zero attached hydrogens (tertiary/aromatic N) is 1. The van der Waals surface area contributed by atoms with Crippen molar-refractivity contribution >= 4 is 34.8 Å². The third-order valence-corrected chi connectivity index (χ3v) is 6.79. The van der Waals surface area contributed by atoms with Crippen LogP contribution in [0.3, 0.4) is 0 Å². The summed E-state index contributed by atoms with van der Waals surface area (Å²) >= 11 is 6.27. The molecule has 0 saturated carbocycles. The summed E-state index contributed by atoms with van der Waals surface area (Å²) in [5.41, 5.74) is 3.04. The van der Waals surface area contributed by atoms with Gasteiger partial charge in [0.15, 0.2) is 0 Å². The van der Waals surface area contributed by atoms with Gasteiger partial charge in [-0.1, -0.05) is 41.9 Å². The quantitative estimate of drug-likeness (QED) is 0.694. The van der Waals surface area contributed by atoms with E-state index in [0.717, 1.165) is 42.6 Å². The van der Waals surface area contributed by atoms with Gasteiger partial charge in [0, 0.05) is 22.8 Å². The van der Waals surface area contributed by atoms with E-state index in [1.54, 1.807) is 0 Å². The van der Waals surface area contributed by atoms with E-state index in [0.29, 0.717) is 17.9 Å². The number of rotatable bonds is 2. The first-order valence-electron chi connectivity index (χ1n) is 10.3. The molecular weight excluding hydrogens is 384 g/mol. The number of amides is 2. The predicted molar refractivity (Wildman–Crippen MR) is 115 cm³/mol. The Morgan fingerprint density at radius 2 is 1.90 bits per heavy atom. The van der Waals surface area contributed by atoms with E-state index in [1.807, 2.05) is 53.4 Å². The zero-order valence-electron chi connectivity index (χ0n) is 16.2. The van der Waals surface area contributed by atoms with E-state index in [1.165, 1.54) is 5.57 Å². The summed E-state index contributed by atoms with van der Waals surface area (Å²) in [6, 6.07) is 15.0. The first-order valence-corrected chi connectivity index (χ1v) is 10.7. The molecule has 2 aromatic carbocycles. The van der Waals surface area contributed by atoms with Crippen LogP contribution < -0.4 is 10.2 Å². The standard InChI is InChI=1S/C24H23ClN2O2/c25-17-9-6-10-18(15-17)27-21(28)13-14-24(22(27)16-7-2-1-3-8-16)19-11-4-5-12-20(19)26-23(24)29/h4-7,9-12,15,22H,1-3,8,13-14H2,(H,26,29). The molecule has 1 N–H and O–H groups in total. The Morgan fingerprint density at radius 1 is 1.03 bits per heavy atom. The van der Waals surface area contributed by atoms with Crippen molar-refractivity contribution in [3.05, 3.63) is 70.8 Å². The molecule has 1 spiro atoms. The monoisotopic (exact) mass is 406 g/mol. The maximum atomic E-state index is 13.5. The smallest absolute Gasteiger partial charge is 0.237 e. The van der Waals surface area contributed by atoms with Gasteiger partial charge in [-0.3, -0.25) is 9.59 Å². The molecule has 3 aliphatic rings. The van der Waals surface area contributed by atoms with Crippen LogP contribution in [0.4, 0.5) is 11.4 Å². The van der Waals surface area contributed by atoms with Gasteiger partial charge in [0.2, 0.25) is 11.8 Å². The number of carbonyl (C=O) groups excluding carboxylic acids is 2. The van der Waals surface area contributed by atoms with E-state index in [-0.39, 0.29) is 17.9 Å². The summed E-state index contributed by atoms with van der Waals surface area (Å²) in [6.45, 7) is 0. The average Bonchev–Trinajstić information content (AvgIpc) is 3.02. The van der Waals surface area contributed by atoms with Crippen LogP contribution >= 0.6 is 11.6 Å². The highest BCUT2D eigenvalue weighted by Gasteiger charge is 2.58. The summed E-state index contributed by atoms with van der Waals surface area (Å²) < 4.78 is 0. The molecule has 2 heterocycles. The van der Waals surface area contributed by atoms with Gasteiger partial charge in [0.1, 0.15) is 5.41 Å². The lowest BCUT2D eigenvalue weighted by Gasteiger charge is -2.48. The fourth-order valence-corrected chi connectivity index (χ4v) is 5.48. The summed E-state index contributed by atoms with van der Waals surface area (Å²) in [5, 5.41) is 3.68. The number of allylic oxidation sites excluding steroid dienone is 1. The topological polar surface area (TPSA) is 49.4 Å². The summed E-state index contributed by atoms with van der Waals surface area (Å²) in [4.78, 5) is 28.6. The number of carbonyl (C=O) groups is 2. The third kappa shape index (κ3) is 2.81. The van der Waals surface area contributed by atoms with E-state index < -0.39 is 5.41 Å². The van der Waals surface area contributed by atoms with Crippen LogP contribution in [0, 0.1) is 0 Å². The number of fused-ring (bicyclic) bond motifs is 2. The van der Waals surface area contributed by atoms with Gasteiger partial charge in [-0.15, -0.1) is 0 Å². The SMILES string of the molecule is O=C1CCC2(C(=O)Nc3ccccc32)C(C2=CCCCC2)N1c1cccc(Cl)c1. The molecule has 148 valence electrons. The highest BCUT2D eigenvalue weighted by Crippen LogP contribution is 2.51. The van der Waals surface area contributed by atoms with Gasteiger partial charge >= 0.3 is 0 Å². The number of para-hydroxylation sites is 1. The number of nitrogens with one attached hydrogen (secondary N) is 1.